The van der Waals surface area contributed by atoms with Crippen LogP contribution < -0.4 is 5.32 Å². The fourth-order valence-corrected chi connectivity index (χ4v) is 7.38. The number of allylic oxidation sites excluding steroid dienone is 1. The van der Waals surface area contributed by atoms with Crippen molar-refractivity contribution in [2.75, 3.05) is 29.9 Å². The number of carbonyl (C=O) groups is 1. The largest absolute Gasteiger partial charge is 0.478 e. The van der Waals surface area contributed by atoms with Gasteiger partial charge in [0, 0.05) is 30.9 Å². The van der Waals surface area contributed by atoms with Gasteiger partial charge in [-0.2, -0.15) is 13.2 Å². The van der Waals surface area contributed by atoms with Crippen LogP contribution in [0.15, 0.2) is 69.2 Å². The summed E-state index contributed by atoms with van der Waals surface area (Å²) in [5.74, 6) is -2.38. The highest BCUT2D eigenvalue weighted by atomic mass is 32.2. The molecule has 2 N–H and O–H groups in total. The van der Waals surface area contributed by atoms with Crippen LogP contribution in [0.25, 0.3) is 0 Å². The van der Waals surface area contributed by atoms with E-state index < -0.39 is 37.6 Å². The van der Waals surface area contributed by atoms with Crippen molar-refractivity contribution in [1.29, 1.82) is 0 Å². The highest BCUT2D eigenvalue weighted by molar-refractivity contribution is 7.93. The number of nitrogens with zero attached hydrogens (tertiary/aromatic N) is 1. The summed E-state index contributed by atoms with van der Waals surface area (Å²) in [6.07, 6.45) is 0.410. The first-order chi connectivity index (χ1) is 17.3. The molecule has 0 aliphatic carbocycles. The zero-order valence-electron chi connectivity index (χ0n) is 19.4. The van der Waals surface area contributed by atoms with Gasteiger partial charge in [-0.1, -0.05) is 18.2 Å². The Bertz CT molecular complexity index is 1370. The molecule has 8 nitrogen and oxygen atoms in total. The number of hydrogen-bond acceptors (Lipinski definition) is 8. The molecule has 37 heavy (non-hydrogen) atoms. The van der Waals surface area contributed by atoms with E-state index in [9.17, 15) is 34.8 Å². The second kappa shape index (κ2) is 11.7. The molecule has 1 aliphatic heterocycles. The SMILES string of the molecule is O=C(O)c1ccsc1S(=O)(=O)CC=CN1CCC(Nc2cccc(S(=O)(=O)CC=CC(F)(F)F)c2)CC1. The van der Waals surface area contributed by atoms with Gasteiger partial charge in [0.15, 0.2) is 19.7 Å². The molecule has 1 fully saturated rings. The molecule has 0 atom stereocenters. The topological polar surface area (TPSA) is 121 Å². The Morgan fingerprint density at radius 3 is 2.41 bits per heavy atom. The lowest BCUT2D eigenvalue weighted by Crippen LogP contribution is -2.36. The second-order valence-electron chi connectivity index (χ2n) is 8.30. The molecule has 0 bridgehead atoms. The van der Waals surface area contributed by atoms with Crippen molar-refractivity contribution in [3.05, 3.63) is 65.7 Å². The molecule has 1 aliphatic rings. The monoisotopic (exact) mass is 578 g/mol. The van der Waals surface area contributed by atoms with Gasteiger partial charge in [0.05, 0.1) is 22.0 Å². The molecule has 202 valence electrons. The third-order valence-electron chi connectivity index (χ3n) is 5.49. The number of hydrogen-bond donors (Lipinski definition) is 2. The first-order valence-electron chi connectivity index (χ1n) is 11.0. The molecule has 1 aromatic heterocycles. The van der Waals surface area contributed by atoms with Crippen LogP contribution in [0.3, 0.4) is 0 Å². The van der Waals surface area contributed by atoms with E-state index in [-0.39, 0.29) is 32.5 Å². The highest BCUT2D eigenvalue weighted by Crippen LogP contribution is 2.25. The first kappa shape index (κ1) is 28.7. The molecule has 1 aromatic carbocycles. The average Bonchev–Trinajstić information content (AvgIpc) is 3.31. The van der Waals surface area contributed by atoms with Gasteiger partial charge in [0.1, 0.15) is 4.21 Å². The normalized spacial score (nSPS) is 16.0. The molecular weight excluding hydrogens is 553 g/mol. The first-order valence-corrected chi connectivity index (χ1v) is 15.2. The third-order valence-corrected chi connectivity index (χ3v) is 10.3. The molecule has 0 radical (unpaired) electrons. The minimum atomic E-state index is -4.58. The summed E-state index contributed by atoms with van der Waals surface area (Å²) >= 11 is 0.868. The number of rotatable bonds is 10. The number of piperidine rings is 1. The maximum Gasteiger partial charge on any atom is 0.409 e. The Hall–Kier alpha value is -2.84. The van der Waals surface area contributed by atoms with E-state index in [1.807, 2.05) is 4.90 Å². The number of carboxylic acids is 1. The molecule has 3 rings (SSSR count). The molecule has 0 saturated carbocycles. The molecular formula is C23H25F3N2O6S3. The van der Waals surface area contributed by atoms with E-state index in [0.29, 0.717) is 37.7 Å². The molecule has 0 spiro atoms. The van der Waals surface area contributed by atoms with Crippen molar-refractivity contribution in [3.63, 3.8) is 0 Å². The number of aromatic carboxylic acids is 1. The molecule has 14 heteroatoms. The second-order valence-corrected chi connectivity index (χ2v) is 13.5. The number of anilines is 1. The van der Waals surface area contributed by atoms with Gasteiger partial charge in [0.2, 0.25) is 0 Å². The molecule has 0 unspecified atom stereocenters. The van der Waals surface area contributed by atoms with Crippen molar-refractivity contribution in [1.82, 2.24) is 4.90 Å². The van der Waals surface area contributed by atoms with Gasteiger partial charge >= 0.3 is 12.1 Å². The number of thiophene rings is 1. The highest BCUT2D eigenvalue weighted by Gasteiger charge is 2.24. The predicted octanol–water partition coefficient (Wildman–Crippen LogP) is 4.20. The Morgan fingerprint density at radius 2 is 1.76 bits per heavy atom. The summed E-state index contributed by atoms with van der Waals surface area (Å²) in [5.41, 5.74) is 0.297. The van der Waals surface area contributed by atoms with Gasteiger partial charge in [-0.3, -0.25) is 0 Å². The van der Waals surface area contributed by atoms with E-state index in [4.69, 9.17) is 5.11 Å². The standard InChI is InChI=1S/C23H25F3N2O6S3/c24-23(25,26)9-2-14-36(31,32)19-5-1-4-18(16-19)27-17-6-11-28(12-7-17)10-3-15-37(33,34)22-20(21(29)30)8-13-35-22/h1-5,8-10,13,16-17,27H,6-7,11-12,14-15H2,(H,29,30). The summed E-state index contributed by atoms with van der Waals surface area (Å²) in [6.45, 7) is 1.21. The summed E-state index contributed by atoms with van der Waals surface area (Å²) in [5, 5.41) is 13.8. The molecule has 2 heterocycles. The number of carboxylic acid groups (broad SMARTS) is 1. The fraction of sp³-hybridized carbons (Fsp3) is 0.348. The Labute approximate surface area is 217 Å². The van der Waals surface area contributed by atoms with Crippen molar-refractivity contribution in [2.24, 2.45) is 0 Å². The smallest absolute Gasteiger partial charge is 0.409 e. The number of halogens is 3. The quantitative estimate of drug-likeness (QED) is 0.403. The van der Waals surface area contributed by atoms with E-state index in [2.05, 4.69) is 5.32 Å². The van der Waals surface area contributed by atoms with E-state index >= 15 is 0 Å². The zero-order chi connectivity index (χ0) is 27.3. The van der Waals surface area contributed by atoms with Crippen LogP contribution in [0.4, 0.5) is 18.9 Å². The maximum absolute atomic E-state index is 12.5. The Kier molecular flexibility index (Phi) is 9.08. The summed E-state index contributed by atoms with van der Waals surface area (Å²) < 4.78 is 86.3. The van der Waals surface area contributed by atoms with Crippen molar-refractivity contribution >= 4 is 42.7 Å². The minimum Gasteiger partial charge on any atom is -0.478 e. The summed E-state index contributed by atoms with van der Waals surface area (Å²) in [6, 6.07) is 7.20. The number of likely N-dealkylation sites (tertiary alicyclic amines) is 1. The maximum atomic E-state index is 12.5. The van der Waals surface area contributed by atoms with Gasteiger partial charge in [-0.15, -0.1) is 11.3 Å². The lowest BCUT2D eigenvalue weighted by Gasteiger charge is -2.32. The summed E-state index contributed by atoms with van der Waals surface area (Å²) in [7, 11) is -7.70. The number of benzene rings is 1. The lowest BCUT2D eigenvalue weighted by molar-refractivity contribution is -0.0799. The van der Waals surface area contributed by atoms with Crippen LogP contribution in [0, 0.1) is 0 Å². The van der Waals surface area contributed by atoms with Crippen molar-refractivity contribution in [3.8, 4) is 0 Å². The Morgan fingerprint density at radius 1 is 1.08 bits per heavy atom. The van der Waals surface area contributed by atoms with Crippen LogP contribution in [-0.4, -0.2) is 69.6 Å². The Balaban J connectivity index is 1.53. The minimum absolute atomic E-state index is 0.0145. The van der Waals surface area contributed by atoms with Crippen LogP contribution in [0.1, 0.15) is 23.2 Å². The molecule has 2 aromatic rings. The third kappa shape index (κ3) is 8.33. The van der Waals surface area contributed by atoms with Crippen LogP contribution >= 0.6 is 11.3 Å². The summed E-state index contributed by atoms with van der Waals surface area (Å²) in [4.78, 5) is 13.1. The van der Waals surface area contributed by atoms with Gasteiger partial charge in [-0.25, -0.2) is 21.6 Å². The fourth-order valence-electron chi connectivity index (χ4n) is 3.70. The van der Waals surface area contributed by atoms with Crippen molar-refractivity contribution < 1.29 is 39.9 Å². The van der Waals surface area contributed by atoms with Gasteiger partial charge < -0.3 is 15.3 Å². The molecule has 1 saturated heterocycles. The average molecular weight is 579 g/mol. The number of sulfone groups is 2. The van der Waals surface area contributed by atoms with Crippen LogP contribution in [0.5, 0.6) is 0 Å². The van der Waals surface area contributed by atoms with Crippen LogP contribution in [-0.2, 0) is 19.7 Å². The number of nitrogens with one attached hydrogen (secondary N) is 1. The van der Waals surface area contributed by atoms with E-state index in [1.165, 1.54) is 35.7 Å². The van der Waals surface area contributed by atoms with E-state index in [0.717, 1.165) is 11.3 Å². The zero-order valence-corrected chi connectivity index (χ0v) is 21.8. The van der Waals surface area contributed by atoms with Crippen LogP contribution in [0.2, 0.25) is 0 Å². The molecule has 0 amide bonds. The van der Waals surface area contributed by atoms with Gasteiger partial charge in [0.25, 0.3) is 0 Å². The lowest BCUT2D eigenvalue weighted by atomic mass is 10.0. The number of alkyl halides is 3. The van der Waals surface area contributed by atoms with Gasteiger partial charge in [-0.05, 0) is 48.7 Å². The predicted molar refractivity (Wildman–Crippen MR) is 134 cm³/mol. The van der Waals surface area contributed by atoms with Crippen molar-refractivity contribution in [2.45, 2.75) is 34.2 Å². The van der Waals surface area contributed by atoms with E-state index in [1.54, 1.807) is 12.3 Å².